The molecule has 0 radical (unpaired) electrons. The van der Waals surface area contributed by atoms with Crippen molar-refractivity contribution in [3.05, 3.63) is 93.5 Å². The number of nitrogens with zero attached hydrogens (tertiary/aromatic N) is 2. The van der Waals surface area contributed by atoms with Crippen LogP contribution in [0.5, 0.6) is 0 Å². The topological polar surface area (TPSA) is 84.1 Å². The number of unbranched alkanes of at least 4 members (excludes halogenated alkanes) is 1. The summed E-state index contributed by atoms with van der Waals surface area (Å²) in [5.74, 6) is -0.928. The Labute approximate surface area is 232 Å². The molecule has 198 valence electrons. The minimum Gasteiger partial charge on any atom is -0.462 e. The lowest BCUT2D eigenvalue weighted by Gasteiger charge is -2.12. The molecule has 2 aromatic carbocycles. The van der Waals surface area contributed by atoms with Crippen LogP contribution in [0.1, 0.15) is 64.5 Å². The number of thiophene rings is 1. The van der Waals surface area contributed by atoms with Crippen LogP contribution < -0.4 is 5.32 Å². The van der Waals surface area contributed by atoms with Gasteiger partial charge in [0.2, 0.25) is 0 Å². The number of amides is 1. The van der Waals surface area contributed by atoms with E-state index in [9.17, 15) is 14.9 Å². The molecule has 0 saturated heterocycles. The SMILES string of the molecule is CCCCOC(=O)c1c(NC(=O)/C(C#N)=C/c2cn(Cc3ccccc3)c3ccccc23)sc2c1CCCC2. The van der Waals surface area contributed by atoms with Gasteiger partial charge in [-0.25, -0.2) is 4.79 Å². The number of nitriles is 1. The molecule has 2 aromatic heterocycles. The van der Waals surface area contributed by atoms with Gasteiger partial charge in [-0.1, -0.05) is 61.9 Å². The number of carbonyl (C=O) groups excluding carboxylic acids is 2. The Balaban J connectivity index is 1.45. The number of aromatic nitrogens is 1. The highest BCUT2D eigenvalue weighted by Crippen LogP contribution is 2.39. The maximum absolute atomic E-state index is 13.4. The van der Waals surface area contributed by atoms with E-state index in [1.54, 1.807) is 6.08 Å². The predicted octanol–water partition coefficient (Wildman–Crippen LogP) is 7.13. The highest BCUT2D eigenvalue weighted by atomic mass is 32.1. The van der Waals surface area contributed by atoms with Crippen LogP contribution in [0.15, 0.2) is 66.4 Å². The van der Waals surface area contributed by atoms with Crippen molar-refractivity contribution < 1.29 is 14.3 Å². The first-order valence-electron chi connectivity index (χ1n) is 13.5. The normalized spacial score (nSPS) is 13.1. The van der Waals surface area contributed by atoms with E-state index in [0.29, 0.717) is 23.7 Å². The summed E-state index contributed by atoms with van der Waals surface area (Å²) in [4.78, 5) is 27.5. The molecule has 0 bridgehead atoms. The lowest BCUT2D eigenvalue weighted by Crippen LogP contribution is -2.17. The molecule has 4 aromatic rings. The van der Waals surface area contributed by atoms with Gasteiger partial charge >= 0.3 is 5.97 Å². The van der Waals surface area contributed by atoms with Gasteiger partial charge in [0.1, 0.15) is 16.6 Å². The van der Waals surface area contributed by atoms with Crippen molar-refractivity contribution in [2.24, 2.45) is 0 Å². The van der Waals surface area contributed by atoms with Gasteiger partial charge in [0.05, 0.1) is 12.2 Å². The van der Waals surface area contributed by atoms with E-state index in [2.05, 4.69) is 28.1 Å². The van der Waals surface area contributed by atoms with Gasteiger partial charge in [0.15, 0.2) is 0 Å². The summed E-state index contributed by atoms with van der Waals surface area (Å²) in [6.45, 7) is 3.07. The summed E-state index contributed by atoms with van der Waals surface area (Å²) in [5.41, 5.74) is 4.39. The molecule has 0 spiro atoms. The molecule has 0 fully saturated rings. The number of esters is 1. The van der Waals surface area contributed by atoms with Gasteiger partial charge < -0.3 is 14.6 Å². The van der Waals surface area contributed by atoms with Crippen molar-refractivity contribution in [3.8, 4) is 6.07 Å². The largest absolute Gasteiger partial charge is 0.462 e. The van der Waals surface area contributed by atoms with Gasteiger partial charge in [-0.3, -0.25) is 4.79 Å². The number of ether oxygens (including phenoxy) is 1. The second-order valence-corrected chi connectivity index (χ2v) is 10.8. The van der Waals surface area contributed by atoms with Crippen LogP contribution in [0.25, 0.3) is 17.0 Å². The molecule has 5 rings (SSSR count). The monoisotopic (exact) mass is 537 g/mol. The number of hydrogen-bond donors (Lipinski definition) is 1. The smallest absolute Gasteiger partial charge is 0.341 e. The van der Waals surface area contributed by atoms with Gasteiger partial charge in [-0.15, -0.1) is 11.3 Å². The lowest BCUT2D eigenvalue weighted by molar-refractivity contribution is -0.112. The third-order valence-corrected chi connectivity index (χ3v) is 8.22. The van der Waals surface area contributed by atoms with Crippen molar-refractivity contribution in [2.45, 2.75) is 52.0 Å². The minimum atomic E-state index is -0.529. The summed E-state index contributed by atoms with van der Waals surface area (Å²) >= 11 is 1.43. The molecule has 1 N–H and O–H groups in total. The zero-order valence-corrected chi connectivity index (χ0v) is 22.9. The first kappa shape index (κ1) is 26.5. The second-order valence-electron chi connectivity index (χ2n) is 9.74. The summed E-state index contributed by atoms with van der Waals surface area (Å²) in [6.07, 6.45) is 9.06. The number of aryl methyl sites for hydroxylation is 1. The molecule has 0 aliphatic heterocycles. The Kier molecular flexibility index (Phi) is 8.24. The number of benzene rings is 2. The van der Waals surface area contributed by atoms with Crippen LogP contribution in [0.3, 0.4) is 0 Å². The average Bonchev–Trinajstić information content (AvgIpc) is 3.50. The maximum Gasteiger partial charge on any atom is 0.341 e. The quantitative estimate of drug-likeness (QED) is 0.107. The van der Waals surface area contributed by atoms with Gasteiger partial charge in [-0.05, 0) is 55.4 Å². The fourth-order valence-corrected chi connectivity index (χ4v) is 6.30. The van der Waals surface area contributed by atoms with Crippen molar-refractivity contribution >= 4 is 45.2 Å². The van der Waals surface area contributed by atoms with E-state index < -0.39 is 11.9 Å². The van der Waals surface area contributed by atoms with E-state index in [-0.39, 0.29) is 5.57 Å². The average molecular weight is 538 g/mol. The molecule has 1 aliphatic carbocycles. The highest BCUT2D eigenvalue weighted by Gasteiger charge is 2.28. The van der Waals surface area contributed by atoms with E-state index >= 15 is 0 Å². The van der Waals surface area contributed by atoms with Crippen LogP contribution in [-0.4, -0.2) is 23.1 Å². The van der Waals surface area contributed by atoms with Crippen LogP contribution >= 0.6 is 11.3 Å². The number of nitrogens with one attached hydrogen (secondary N) is 1. The molecular weight excluding hydrogens is 506 g/mol. The van der Waals surface area contributed by atoms with Crippen LogP contribution in [0, 0.1) is 11.3 Å². The zero-order chi connectivity index (χ0) is 27.2. The molecule has 0 unspecified atom stereocenters. The predicted molar refractivity (Wildman–Crippen MR) is 156 cm³/mol. The molecule has 0 atom stereocenters. The Hall–Kier alpha value is -4.15. The molecule has 7 heteroatoms. The molecule has 39 heavy (non-hydrogen) atoms. The highest BCUT2D eigenvalue weighted by molar-refractivity contribution is 7.17. The van der Waals surface area contributed by atoms with Gasteiger partial charge in [-0.2, -0.15) is 5.26 Å². The van der Waals surface area contributed by atoms with E-state index in [4.69, 9.17) is 4.74 Å². The Morgan fingerprint density at radius 3 is 2.67 bits per heavy atom. The number of para-hydroxylation sites is 1. The second kappa shape index (κ2) is 12.1. The van der Waals surface area contributed by atoms with E-state index in [0.717, 1.165) is 71.0 Å². The Morgan fingerprint density at radius 2 is 1.87 bits per heavy atom. The Morgan fingerprint density at radius 1 is 1.10 bits per heavy atom. The van der Waals surface area contributed by atoms with Crippen molar-refractivity contribution in [2.75, 3.05) is 11.9 Å². The number of anilines is 1. The van der Waals surface area contributed by atoms with Crippen molar-refractivity contribution in [3.63, 3.8) is 0 Å². The molecule has 0 saturated carbocycles. The molecule has 6 nitrogen and oxygen atoms in total. The number of fused-ring (bicyclic) bond motifs is 2. The molecule has 2 heterocycles. The number of carbonyl (C=O) groups is 2. The fourth-order valence-electron chi connectivity index (χ4n) is 5.03. The van der Waals surface area contributed by atoms with Gasteiger partial charge in [0, 0.05) is 34.1 Å². The lowest BCUT2D eigenvalue weighted by atomic mass is 9.95. The third kappa shape index (κ3) is 5.81. The molecular formula is C32H31N3O3S. The first-order valence-corrected chi connectivity index (χ1v) is 14.3. The number of rotatable bonds is 9. The zero-order valence-electron chi connectivity index (χ0n) is 22.0. The summed E-state index contributed by atoms with van der Waals surface area (Å²) in [7, 11) is 0. The van der Waals surface area contributed by atoms with Crippen molar-refractivity contribution in [1.82, 2.24) is 4.57 Å². The first-order chi connectivity index (χ1) is 19.1. The minimum absolute atomic E-state index is 0.0192. The Bertz CT molecular complexity index is 1570. The van der Waals surface area contributed by atoms with E-state index in [1.807, 2.05) is 55.6 Å². The summed E-state index contributed by atoms with van der Waals surface area (Å²) in [6, 6.07) is 20.2. The standard InChI is InChI=1S/C32H31N3O3S/c1-2-3-17-38-32(37)29-26-14-8-10-16-28(26)39-31(29)34-30(36)23(19-33)18-24-21-35(20-22-11-5-4-6-12-22)27-15-9-7-13-25(24)27/h4-7,9,11-13,15,18,21H,2-3,8,10,14,16-17,20H2,1H3,(H,34,36)/b23-18+. The van der Waals surface area contributed by atoms with Crippen LogP contribution in [0.2, 0.25) is 0 Å². The van der Waals surface area contributed by atoms with E-state index in [1.165, 1.54) is 11.3 Å². The maximum atomic E-state index is 13.4. The van der Waals surface area contributed by atoms with Crippen molar-refractivity contribution in [1.29, 1.82) is 5.26 Å². The summed E-state index contributed by atoms with van der Waals surface area (Å²) in [5, 5.41) is 14.3. The van der Waals surface area contributed by atoms with Crippen LogP contribution in [-0.2, 0) is 28.9 Å². The third-order valence-electron chi connectivity index (χ3n) is 7.01. The van der Waals surface area contributed by atoms with Gasteiger partial charge in [0.25, 0.3) is 5.91 Å². The molecule has 1 amide bonds. The summed E-state index contributed by atoms with van der Waals surface area (Å²) < 4.78 is 7.66. The molecule has 1 aliphatic rings. The number of hydrogen-bond acceptors (Lipinski definition) is 5. The fraction of sp³-hybridized carbons (Fsp3) is 0.281. The van der Waals surface area contributed by atoms with Crippen LogP contribution in [0.4, 0.5) is 5.00 Å².